The maximum Gasteiger partial charge on any atom is 0.268 e. The number of rotatable bonds is 6. The van der Waals surface area contributed by atoms with Crippen LogP contribution >= 0.6 is 0 Å². The van der Waals surface area contributed by atoms with Gasteiger partial charge >= 0.3 is 0 Å². The summed E-state index contributed by atoms with van der Waals surface area (Å²) >= 11 is 0. The molecule has 1 amide bonds. The molecule has 1 aliphatic heterocycles. The zero-order valence-corrected chi connectivity index (χ0v) is 17.1. The van der Waals surface area contributed by atoms with Crippen molar-refractivity contribution in [1.82, 2.24) is 4.98 Å². The molecule has 7 heteroatoms. The molecule has 1 aromatic heterocycles. The van der Waals surface area contributed by atoms with Gasteiger partial charge in [-0.3, -0.25) is 9.78 Å². The molecular formula is C23H23N3O4. The van der Waals surface area contributed by atoms with Gasteiger partial charge in [-0.05, 0) is 56.3 Å². The molecule has 154 valence electrons. The number of aromatic nitrogens is 1. The number of nitrogens with zero attached hydrogens (tertiary/aromatic N) is 2. The molecule has 2 heterocycles. The fourth-order valence-electron chi connectivity index (χ4n) is 3.31. The highest BCUT2D eigenvalue weighted by Gasteiger charge is 2.29. The Kier molecular flexibility index (Phi) is 5.52. The van der Waals surface area contributed by atoms with Crippen LogP contribution in [0.5, 0.6) is 11.5 Å². The summed E-state index contributed by atoms with van der Waals surface area (Å²) in [5, 5.41) is 7.93. The molecule has 1 unspecified atom stereocenters. The minimum absolute atomic E-state index is 0.0363. The molecule has 0 radical (unpaired) electrons. The van der Waals surface area contributed by atoms with E-state index in [9.17, 15) is 4.79 Å². The van der Waals surface area contributed by atoms with Gasteiger partial charge in [0, 0.05) is 23.6 Å². The molecule has 1 atom stereocenters. The number of pyridine rings is 1. The van der Waals surface area contributed by atoms with Crippen molar-refractivity contribution >= 4 is 28.2 Å². The van der Waals surface area contributed by atoms with Crippen molar-refractivity contribution in [3.05, 3.63) is 60.3 Å². The number of ether oxygens (including phenoxy) is 2. The van der Waals surface area contributed by atoms with E-state index in [2.05, 4.69) is 15.5 Å². The second kappa shape index (κ2) is 8.41. The molecule has 0 saturated carbocycles. The zero-order chi connectivity index (χ0) is 21.1. The standard InChI is InChI=1S/C23H23N3O4/c1-14(2)29-20-10-9-15(12-21(20)28-3)19-13-22(30-26-19)23(27)25-18-8-4-7-17-16(18)6-5-11-24-17/h4-12,14,22H,13H2,1-3H3,(H,25,27). The minimum atomic E-state index is -0.704. The van der Waals surface area contributed by atoms with Gasteiger partial charge in [-0.25, -0.2) is 0 Å². The molecule has 3 aromatic rings. The van der Waals surface area contributed by atoms with Crippen LogP contribution < -0.4 is 14.8 Å². The number of amides is 1. The van der Waals surface area contributed by atoms with E-state index in [1.807, 2.05) is 62.4 Å². The predicted molar refractivity (Wildman–Crippen MR) is 115 cm³/mol. The second-order valence-corrected chi connectivity index (χ2v) is 7.23. The third-order valence-corrected chi connectivity index (χ3v) is 4.72. The van der Waals surface area contributed by atoms with Crippen LogP contribution in [0, 0.1) is 0 Å². The molecule has 0 aliphatic carbocycles. The topological polar surface area (TPSA) is 82.0 Å². The molecule has 30 heavy (non-hydrogen) atoms. The highest BCUT2D eigenvalue weighted by Crippen LogP contribution is 2.31. The number of benzene rings is 2. The Labute approximate surface area is 174 Å². The van der Waals surface area contributed by atoms with Gasteiger partial charge in [-0.15, -0.1) is 0 Å². The molecular weight excluding hydrogens is 382 g/mol. The van der Waals surface area contributed by atoms with Crippen molar-refractivity contribution < 1.29 is 19.1 Å². The first kappa shape index (κ1) is 19.7. The Morgan fingerprint density at radius 3 is 2.83 bits per heavy atom. The van der Waals surface area contributed by atoms with Gasteiger partial charge in [0.05, 0.1) is 30.1 Å². The molecule has 4 rings (SSSR count). The molecule has 7 nitrogen and oxygen atoms in total. The van der Waals surface area contributed by atoms with Gasteiger partial charge < -0.3 is 19.6 Å². The Balaban J connectivity index is 1.47. The Morgan fingerprint density at radius 1 is 1.17 bits per heavy atom. The number of fused-ring (bicyclic) bond motifs is 1. The summed E-state index contributed by atoms with van der Waals surface area (Å²) in [4.78, 5) is 22.5. The third kappa shape index (κ3) is 4.05. The van der Waals surface area contributed by atoms with Gasteiger partial charge in [0.15, 0.2) is 11.5 Å². The van der Waals surface area contributed by atoms with E-state index in [1.54, 1.807) is 13.3 Å². The van der Waals surface area contributed by atoms with Crippen LogP contribution in [0.2, 0.25) is 0 Å². The summed E-state index contributed by atoms with van der Waals surface area (Å²) < 4.78 is 11.2. The normalized spacial score (nSPS) is 15.6. The highest BCUT2D eigenvalue weighted by atomic mass is 16.6. The van der Waals surface area contributed by atoms with Crippen molar-refractivity contribution in [2.24, 2.45) is 5.16 Å². The van der Waals surface area contributed by atoms with Crippen LogP contribution in [-0.4, -0.2) is 35.9 Å². The lowest BCUT2D eigenvalue weighted by Gasteiger charge is -2.14. The first-order valence-electron chi connectivity index (χ1n) is 9.77. The van der Waals surface area contributed by atoms with E-state index in [0.29, 0.717) is 29.3 Å². The smallest absolute Gasteiger partial charge is 0.268 e. The average Bonchev–Trinajstić information content (AvgIpc) is 3.24. The summed E-state index contributed by atoms with van der Waals surface area (Å²) in [5.74, 6) is 1.02. The SMILES string of the molecule is COc1cc(C2=NOC(C(=O)Nc3cccc4ncccc34)C2)ccc1OC(C)C. The molecule has 0 fully saturated rings. The number of carbonyl (C=O) groups excluding carboxylic acids is 1. The van der Waals surface area contributed by atoms with E-state index < -0.39 is 6.10 Å². The lowest BCUT2D eigenvalue weighted by atomic mass is 10.0. The minimum Gasteiger partial charge on any atom is -0.493 e. The molecule has 2 aromatic carbocycles. The summed E-state index contributed by atoms with van der Waals surface area (Å²) in [6.07, 6.45) is 1.42. The third-order valence-electron chi connectivity index (χ3n) is 4.72. The molecule has 0 saturated heterocycles. The van der Waals surface area contributed by atoms with E-state index in [1.165, 1.54) is 0 Å². The number of anilines is 1. The number of hydrogen-bond donors (Lipinski definition) is 1. The fourth-order valence-corrected chi connectivity index (χ4v) is 3.31. The van der Waals surface area contributed by atoms with Crippen LogP contribution in [0.25, 0.3) is 10.9 Å². The van der Waals surface area contributed by atoms with Crippen LogP contribution in [0.3, 0.4) is 0 Å². The van der Waals surface area contributed by atoms with Crippen LogP contribution in [0.15, 0.2) is 59.9 Å². The van der Waals surface area contributed by atoms with Gasteiger partial charge in [-0.2, -0.15) is 0 Å². The number of oxime groups is 1. The Hall–Kier alpha value is -3.61. The number of methoxy groups -OCH3 is 1. The number of carbonyl (C=O) groups is 1. The lowest BCUT2D eigenvalue weighted by molar-refractivity contribution is -0.125. The zero-order valence-electron chi connectivity index (χ0n) is 17.1. The van der Waals surface area contributed by atoms with Crippen LogP contribution in [0.4, 0.5) is 5.69 Å². The predicted octanol–water partition coefficient (Wildman–Crippen LogP) is 4.16. The van der Waals surface area contributed by atoms with Crippen molar-refractivity contribution in [3.8, 4) is 11.5 Å². The molecule has 0 bridgehead atoms. The van der Waals surface area contributed by atoms with Gasteiger partial charge in [0.25, 0.3) is 5.91 Å². The molecule has 0 spiro atoms. The summed E-state index contributed by atoms with van der Waals surface area (Å²) in [6.45, 7) is 3.91. The first-order valence-corrected chi connectivity index (χ1v) is 9.77. The van der Waals surface area contributed by atoms with Gasteiger partial charge in [0.2, 0.25) is 6.10 Å². The quantitative estimate of drug-likeness (QED) is 0.666. The number of nitrogens with one attached hydrogen (secondary N) is 1. The van der Waals surface area contributed by atoms with Crippen molar-refractivity contribution in [2.75, 3.05) is 12.4 Å². The van der Waals surface area contributed by atoms with Crippen molar-refractivity contribution in [2.45, 2.75) is 32.5 Å². The monoisotopic (exact) mass is 405 g/mol. The Morgan fingerprint density at radius 2 is 2.03 bits per heavy atom. The van der Waals surface area contributed by atoms with Crippen LogP contribution in [0.1, 0.15) is 25.8 Å². The second-order valence-electron chi connectivity index (χ2n) is 7.23. The van der Waals surface area contributed by atoms with E-state index in [4.69, 9.17) is 14.3 Å². The van der Waals surface area contributed by atoms with Gasteiger partial charge in [-0.1, -0.05) is 11.2 Å². The maximum atomic E-state index is 12.8. The number of hydrogen-bond acceptors (Lipinski definition) is 6. The molecule has 1 aliphatic rings. The van der Waals surface area contributed by atoms with E-state index >= 15 is 0 Å². The van der Waals surface area contributed by atoms with Crippen molar-refractivity contribution in [1.29, 1.82) is 0 Å². The van der Waals surface area contributed by atoms with Gasteiger partial charge in [0.1, 0.15) is 0 Å². The lowest BCUT2D eigenvalue weighted by Crippen LogP contribution is -2.28. The average molecular weight is 405 g/mol. The maximum absolute atomic E-state index is 12.8. The largest absolute Gasteiger partial charge is 0.493 e. The van der Waals surface area contributed by atoms with E-state index in [-0.39, 0.29) is 12.0 Å². The summed E-state index contributed by atoms with van der Waals surface area (Å²) in [5.41, 5.74) is 3.02. The first-order chi connectivity index (χ1) is 14.5. The van der Waals surface area contributed by atoms with Crippen LogP contribution in [-0.2, 0) is 9.63 Å². The van der Waals surface area contributed by atoms with E-state index in [0.717, 1.165) is 16.5 Å². The fraction of sp³-hybridized carbons (Fsp3) is 0.261. The summed E-state index contributed by atoms with van der Waals surface area (Å²) in [7, 11) is 1.59. The highest BCUT2D eigenvalue weighted by molar-refractivity contribution is 6.08. The van der Waals surface area contributed by atoms with Crippen molar-refractivity contribution in [3.63, 3.8) is 0 Å². The molecule has 1 N–H and O–H groups in total. The summed E-state index contributed by atoms with van der Waals surface area (Å²) in [6, 6.07) is 14.9. The Bertz CT molecular complexity index is 1110.